The van der Waals surface area contributed by atoms with Crippen LogP contribution in [0.5, 0.6) is 0 Å². The van der Waals surface area contributed by atoms with Crippen LogP contribution in [0.2, 0.25) is 0 Å². The lowest BCUT2D eigenvalue weighted by Gasteiger charge is -1.70. The molecule has 0 rings (SSSR count). The molecule has 0 aliphatic carbocycles. The summed E-state index contributed by atoms with van der Waals surface area (Å²) in [5.41, 5.74) is 0. The van der Waals surface area contributed by atoms with Gasteiger partial charge in [-0.05, 0) is 6.92 Å². The number of alkyl halides is 1. The molecule has 34 valence electrons. The third-order valence-electron chi connectivity index (χ3n) is 0.396. The molecule has 0 fully saturated rings. The molecular formula is C5H7I. The zero-order valence-corrected chi connectivity index (χ0v) is 5.95. The normalized spacial score (nSPS) is 6.33. The van der Waals surface area contributed by atoms with E-state index in [1.807, 2.05) is 6.92 Å². The Balaban J connectivity index is 2.79. The van der Waals surface area contributed by atoms with Crippen molar-refractivity contribution in [1.82, 2.24) is 0 Å². The van der Waals surface area contributed by atoms with Crippen LogP contribution in [0.3, 0.4) is 0 Å². The molecule has 0 aromatic heterocycles. The molecule has 0 amide bonds. The third-order valence-corrected chi connectivity index (χ3v) is 0.936. The Bertz CT molecular complexity index is 65.7. The lowest BCUT2D eigenvalue weighted by molar-refractivity contribution is 1.33. The zero-order chi connectivity index (χ0) is 4.83. The fraction of sp³-hybridized carbons (Fsp3) is 0.600. The average Bonchev–Trinajstić information content (AvgIpc) is 1.61. The van der Waals surface area contributed by atoms with Gasteiger partial charge in [0.2, 0.25) is 0 Å². The second kappa shape index (κ2) is 5.29. The Hall–Kier alpha value is 0.290. The standard InChI is InChI=1S/C5H7I/c1-2-3-4-5-6/h4-5H2,1H3. The molecule has 0 heterocycles. The number of rotatable bonds is 1. The molecule has 0 N–H and O–H groups in total. The lowest BCUT2D eigenvalue weighted by atomic mass is 10.5. The maximum Gasteiger partial charge on any atom is 0.0178 e. The van der Waals surface area contributed by atoms with E-state index in [0.717, 1.165) is 10.8 Å². The van der Waals surface area contributed by atoms with Gasteiger partial charge in [-0.25, -0.2) is 0 Å². The van der Waals surface area contributed by atoms with Gasteiger partial charge in [0.25, 0.3) is 0 Å². The largest absolute Gasteiger partial charge is 0.107 e. The minimum atomic E-state index is 1.04. The van der Waals surface area contributed by atoms with Crippen molar-refractivity contribution < 1.29 is 0 Å². The number of hydrogen-bond donors (Lipinski definition) is 0. The maximum atomic E-state index is 2.94. The van der Waals surface area contributed by atoms with Gasteiger partial charge < -0.3 is 0 Å². The van der Waals surface area contributed by atoms with Gasteiger partial charge in [0.05, 0.1) is 0 Å². The van der Waals surface area contributed by atoms with Gasteiger partial charge >= 0.3 is 0 Å². The second-order valence-corrected chi connectivity index (χ2v) is 1.94. The minimum Gasteiger partial charge on any atom is -0.107 e. The highest BCUT2D eigenvalue weighted by atomic mass is 127. The van der Waals surface area contributed by atoms with Gasteiger partial charge in [0.1, 0.15) is 0 Å². The maximum absolute atomic E-state index is 2.94. The minimum absolute atomic E-state index is 1.04. The van der Waals surface area contributed by atoms with Crippen LogP contribution in [0.4, 0.5) is 0 Å². The van der Waals surface area contributed by atoms with Crippen LogP contribution in [0, 0.1) is 11.8 Å². The van der Waals surface area contributed by atoms with Crippen molar-refractivity contribution in [2.45, 2.75) is 13.3 Å². The molecule has 0 radical (unpaired) electrons. The van der Waals surface area contributed by atoms with Crippen LogP contribution in [0.1, 0.15) is 13.3 Å². The van der Waals surface area contributed by atoms with Crippen LogP contribution in [-0.2, 0) is 0 Å². The summed E-state index contributed by atoms with van der Waals surface area (Å²) >= 11 is 2.31. The average molecular weight is 194 g/mol. The Kier molecular flexibility index (Phi) is 5.55. The summed E-state index contributed by atoms with van der Waals surface area (Å²) in [5, 5.41) is 0. The monoisotopic (exact) mass is 194 g/mol. The first kappa shape index (κ1) is 6.29. The quantitative estimate of drug-likeness (QED) is 0.339. The van der Waals surface area contributed by atoms with Crippen molar-refractivity contribution in [2.24, 2.45) is 0 Å². The first-order chi connectivity index (χ1) is 2.91. The van der Waals surface area contributed by atoms with Crippen LogP contribution >= 0.6 is 22.6 Å². The molecule has 0 aromatic rings. The van der Waals surface area contributed by atoms with E-state index in [9.17, 15) is 0 Å². The van der Waals surface area contributed by atoms with Crippen LogP contribution in [0.15, 0.2) is 0 Å². The van der Waals surface area contributed by atoms with Crippen molar-refractivity contribution in [2.75, 3.05) is 4.43 Å². The molecule has 0 aliphatic rings. The molecule has 0 saturated heterocycles. The summed E-state index contributed by atoms with van der Waals surface area (Å²) in [6.07, 6.45) is 1.04. The highest BCUT2D eigenvalue weighted by molar-refractivity contribution is 14.1. The van der Waals surface area contributed by atoms with Crippen LogP contribution in [-0.4, -0.2) is 4.43 Å². The summed E-state index contributed by atoms with van der Waals surface area (Å²) in [6, 6.07) is 0. The molecule has 0 bridgehead atoms. The number of hydrogen-bond acceptors (Lipinski definition) is 0. The fourth-order valence-electron chi connectivity index (χ4n) is 0.172. The van der Waals surface area contributed by atoms with Crippen molar-refractivity contribution in [3.05, 3.63) is 0 Å². The topological polar surface area (TPSA) is 0 Å². The smallest absolute Gasteiger partial charge is 0.0178 e. The molecule has 0 saturated carbocycles. The van der Waals surface area contributed by atoms with Crippen molar-refractivity contribution >= 4 is 22.6 Å². The molecule has 6 heavy (non-hydrogen) atoms. The van der Waals surface area contributed by atoms with E-state index in [-0.39, 0.29) is 0 Å². The Morgan fingerprint density at radius 2 is 2.33 bits per heavy atom. The Labute approximate surface area is 52.5 Å². The molecule has 0 nitrogen and oxygen atoms in total. The number of halogens is 1. The predicted octanol–water partition coefficient (Wildman–Crippen LogP) is 1.83. The van der Waals surface area contributed by atoms with Crippen LogP contribution < -0.4 is 0 Å². The summed E-state index contributed by atoms with van der Waals surface area (Å²) in [4.78, 5) is 0. The SMILES string of the molecule is CC#CCCI. The highest BCUT2D eigenvalue weighted by Gasteiger charge is 1.65. The molecular weight excluding hydrogens is 187 g/mol. The predicted molar refractivity (Wildman–Crippen MR) is 37.0 cm³/mol. The summed E-state index contributed by atoms with van der Waals surface area (Å²) in [7, 11) is 0. The first-order valence-corrected chi connectivity index (χ1v) is 3.40. The molecule has 0 atom stereocenters. The van der Waals surface area contributed by atoms with Gasteiger partial charge in [0.15, 0.2) is 0 Å². The summed E-state index contributed by atoms with van der Waals surface area (Å²) in [6.45, 7) is 1.87. The first-order valence-electron chi connectivity index (χ1n) is 1.87. The Morgan fingerprint density at radius 1 is 1.67 bits per heavy atom. The fourth-order valence-corrected chi connectivity index (χ4v) is 0.442. The highest BCUT2D eigenvalue weighted by Crippen LogP contribution is 1.83. The third kappa shape index (κ3) is 4.29. The molecule has 0 aromatic carbocycles. The van der Waals surface area contributed by atoms with Gasteiger partial charge in [-0.1, -0.05) is 22.6 Å². The summed E-state index contributed by atoms with van der Waals surface area (Å²) in [5.74, 6) is 5.75. The van der Waals surface area contributed by atoms with Crippen molar-refractivity contribution in [1.29, 1.82) is 0 Å². The molecule has 0 aliphatic heterocycles. The van der Waals surface area contributed by atoms with Gasteiger partial charge in [-0.3, -0.25) is 0 Å². The lowest BCUT2D eigenvalue weighted by Crippen LogP contribution is -1.61. The van der Waals surface area contributed by atoms with E-state index >= 15 is 0 Å². The van der Waals surface area contributed by atoms with E-state index in [4.69, 9.17) is 0 Å². The molecule has 1 heteroatoms. The van der Waals surface area contributed by atoms with E-state index < -0.39 is 0 Å². The van der Waals surface area contributed by atoms with E-state index in [1.165, 1.54) is 0 Å². The van der Waals surface area contributed by atoms with Crippen molar-refractivity contribution in [3.8, 4) is 11.8 Å². The molecule has 0 spiro atoms. The molecule has 0 unspecified atom stereocenters. The van der Waals surface area contributed by atoms with Gasteiger partial charge in [0, 0.05) is 10.8 Å². The van der Waals surface area contributed by atoms with E-state index in [2.05, 4.69) is 34.4 Å². The van der Waals surface area contributed by atoms with E-state index in [1.54, 1.807) is 0 Å². The zero-order valence-electron chi connectivity index (χ0n) is 3.79. The summed E-state index contributed by atoms with van der Waals surface area (Å²) < 4.78 is 1.15. The second-order valence-electron chi connectivity index (χ2n) is 0.866. The van der Waals surface area contributed by atoms with Gasteiger partial charge in [-0.15, -0.1) is 11.8 Å². The van der Waals surface area contributed by atoms with Crippen LogP contribution in [0.25, 0.3) is 0 Å². The van der Waals surface area contributed by atoms with E-state index in [0.29, 0.717) is 0 Å². The Morgan fingerprint density at radius 3 is 2.50 bits per heavy atom. The van der Waals surface area contributed by atoms with Gasteiger partial charge in [-0.2, -0.15) is 0 Å². The van der Waals surface area contributed by atoms with Crippen molar-refractivity contribution in [3.63, 3.8) is 0 Å².